The minimum atomic E-state index is -0.915. The maximum absolute atomic E-state index is 14.4. The van der Waals surface area contributed by atoms with Crippen molar-refractivity contribution in [3.8, 4) is 16.9 Å². The number of likely N-dealkylation sites (N-methyl/N-ethyl adjacent to an activating group) is 2. The van der Waals surface area contributed by atoms with Gasteiger partial charge in [-0.1, -0.05) is 69.3 Å². The predicted molar refractivity (Wildman–Crippen MR) is 243 cm³/mol. The quantitative estimate of drug-likeness (QED) is 0.0926. The molecule has 4 aliphatic rings. The lowest BCUT2D eigenvalue weighted by molar-refractivity contribution is -0.183. The first-order valence-corrected chi connectivity index (χ1v) is 22.5. The number of alkyl halides is 1. The Morgan fingerprint density at radius 1 is 1.05 bits per heavy atom. The van der Waals surface area contributed by atoms with Crippen LogP contribution in [0.5, 0.6) is 5.75 Å². The van der Waals surface area contributed by atoms with Crippen LogP contribution in [0, 0.1) is 29.1 Å². The van der Waals surface area contributed by atoms with Crippen molar-refractivity contribution in [1.82, 2.24) is 25.5 Å². The highest BCUT2D eigenvalue weighted by atomic mass is 35.5. The Bertz CT molecular complexity index is 1930. The molecular weight excluding hydrogens is 792 g/mol. The maximum Gasteiger partial charge on any atom is 0.251 e. The number of carbonyl (C=O) groups is 2. The van der Waals surface area contributed by atoms with Crippen molar-refractivity contribution in [3.05, 3.63) is 83.4 Å². The third-order valence-corrected chi connectivity index (χ3v) is 13.9. The highest BCUT2D eigenvalue weighted by Crippen LogP contribution is 2.61. The number of aliphatic hydroxyl groups excluding tert-OH is 2. The normalized spacial score (nSPS) is 25.5. The predicted octanol–water partition coefficient (Wildman–Crippen LogP) is 5.51. The van der Waals surface area contributed by atoms with Gasteiger partial charge in [-0.05, 0) is 99.8 Å². The van der Waals surface area contributed by atoms with Crippen molar-refractivity contribution in [2.45, 2.75) is 83.8 Å². The average Bonchev–Trinajstić information content (AvgIpc) is 3.60. The molecule has 61 heavy (non-hydrogen) atoms. The van der Waals surface area contributed by atoms with Crippen LogP contribution >= 0.6 is 11.6 Å². The Morgan fingerprint density at radius 3 is 2.44 bits per heavy atom. The summed E-state index contributed by atoms with van der Waals surface area (Å²) >= 11 is 6.00. The van der Waals surface area contributed by atoms with E-state index in [1.54, 1.807) is 19.1 Å². The van der Waals surface area contributed by atoms with Crippen molar-refractivity contribution in [1.29, 1.82) is 0 Å². The molecule has 3 aromatic carbocycles. The van der Waals surface area contributed by atoms with Gasteiger partial charge >= 0.3 is 0 Å². The first-order valence-electron chi connectivity index (χ1n) is 22.0. The minimum Gasteiger partial charge on any atom is -0.496 e. The zero-order valence-electron chi connectivity index (χ0n) is 37.4. The minimum absolute atomic E-state index is 0.0244. The standard InChI is InChI=1S/C48H69ClN6O6/c1-30-40-25-36(48(40,3)4)26-41(30)52-47(59)44-43(31(2)57)42(29-56)61-55(44)27-33-15-12-16-39(45(33)60-8)34-22-35(24-37(23-34)50-18-20-54(7)19-17-49)46(58)51-38(28-53(5)6)21-32-13-10-9-11-14-32/h9-16,22-24,30-31,36,38,40-44,50,56-57H,17-21,25-29H2,1-8H3,(H,51,58)(H,52,59)/t30-,31-,36-,38-,40-,41-,42-,43-,44-/m0/s1. The number of ether oxygens (including phenoxy) is 1. The molecule has 334 valence electrons. The van der Waals surface area contributed by atoms with Gasteiger partial charge in [-0.15, -0.1) is 11.6 Å². The van der Waals surface area contributed by atoms with Crippen LogP contribution < -0.4 is 20.7 Å². The molecule has 9 atom stereocenters. The van der Waals surface area contributed by atoms with Crippen LogP contribution in [0.4, 0.5) is 5.69 Å². The number of nitrogens with zero attached hydrogens (tertiary/aromatic N) is 3. The second-order valence-corrected chi connectivity index (χ2v) is 19.0. The number of aliphatic hydroxyl groups is 2. The number of methoxy groups -OCH3 is 1. The third-order valence-electron chi connectivity index (χ3n) is 13.7. The number of hydroxylamine groups is 2. The van der Waals surface area contributed by atoms with E-state index in [4.69, 9.17) is 21.2 Å². The topological polar surface area (TPSA) is 139 Å². The number of carbonyl (C=O) groups excluding carboxylic acids is 2. The smallest absolute Gasteiger partial charge is 0.251 e. The molecule has 7 rings (SSSR count). The molecule has 3 aromatic rings. The molecule has 1 heterocycles. The number of anilines is 1. The summed E-state index contributed by atoms with van der Waals surface area (Å²) in [4.78, 5) is 39.2. The number of nitrogens with one attached hydrogen (secondary N) is 3. The second-order valence-electron chi connectivity index (χ2n) is 18.6. The van der Waals surface area contributed by atoms with Crippen LogP contribution in [0.3, 0.4) is 0 Å². The molecule has 1 aliphatic heterocycles. The van der Waals surface area contributed by atoms with Crippen molar-refractivity contribution in [2.24, 2.45) is 29.1 Å². The molecule has 0 spiro atoms. The number of benzene rings is 3. The van der Waals surface area contributed by atoms with Crippen molar-refractivity contribution in [2.75, 3.05) is 72.2 Å². The summed E-state index contributed by atoms with van der Waals surface area (Å²) in [5, 5.41) is 33.3. The SMILES string of the molecule is COc1c(CN2O[C@@H](CO)[C@H]([C@H](C)O)[C@H]2C(=O)N[C@H]2C[C@@H]3C[C@@H]([C@@H]2C)C3(C)C)cccc1-c1cc(NCCN(C)CCCl)cc(C(=O)N[C@@H](Cc2ccccc2)CN(C)C)c1. The lowest BCUT2D eigenvalue weighted by atomic mass is 9.45. The molecular formula is C48H69ClN6O6. The van der Waals surface area contributed by atoms with Crippen molar-refractivity contribution < 1.29 is 29.4 Å². The van der Waals surface area contributed by atoms with Gasteiger partial charge in [0.2, 0.25) is 5.91 Å². The number of para-hydroxylation sites is 1. The van der Waals surface area contributed by atoms with Crippen molar-refractivity contribution in [3.63, 3.8) is 0 Å². The van der Waals surface area contributed by atoms with Gasteiger partial charge in [0, 0.05) is 72.4 Å². The van der Waals surface area contributed by atoms with Crippen LogP contribution in [-0.2, 0) is 22.6 Å². The number of hydrogen-bond donors (Lipinski definition) is 5. The Labute approximate surface area is 368 Å². The number of rotatable bonds is 20. The van der Waals surface area contributed by atoms with E-state index in [1.165, 1.54) is 6.42 Å². The lowest BCUT2D eigenvalue weighted by Crippen LogP contribution is -2.62. The summed E-state index contributed by atoms with van der Waals surface area (Å²) in [6, 6.07) is 20.8. The van der Waals surface area contributed by atoms with E-state index in [0.717, 1.165) is 47.5 Å². The molecule has 5 N–H and O–H groups in total. The highest BCUT2D eigenvalue weighted by molar-refractivity contribution is 6.18. The van der Waals surface area contributed by atoms with Gasteiger partial charge in [0.05, 0.1) is 26.4 Å². The van der Waals surface area contributed by atoms with E-state index in [-0.39, 0.29) is 42.5 Å². The molecule has 3 aliphatic carbocycles. The van der Waals surface area contributed by atoms with E-state index >= 15 is 0 Å². The summed E-state index contributed by atoms with van der Waals surface area (Å²) in [7, 11) is 7.64. The molecule has 1 saturated heterocycles. The van der Waals surface area contributed by atoms with Gasteiger partial charge in [0.25, 0.3) is 5.91 Å². The fraction of sp³-hybridized carbons (Fsp3) is 0.583. The van der Waals surface area contributed by atoms with E-state index in [1.807, 2.05) is 75.7 Å². The monoisotopic (exact) mass is 860 g/mol. The molecule has 0 unspecified atom stereocenters. The summed E-state index contributed by atoms with van der Waals surface area (Å²) in [6.45, 7) is 11.2. The fourth-order valence-electron chi connectivity index (χ4n) is 10.3. The fourth-order valence-corrected chi connectivity index (χ4v) is 10.6. The van der Waals surface area contributed by atoms with Gasteiger partial charge in [0.1, 0.15) is 17.9 Å². The first kappa shape index (κ1) is 46.7. The number of amides is 2. The largest absolute Gasteiger partial charge is 0.496 e. The van der Waals surface area contributed by atoms with Crippen molar-refractivity contribution >= 4 is 29.1 Å². The third kappa shape index (κ3) is 10.9. The lowest BCUT2D eigenvalue weighted by Gasteiger charge is -2.62. The molecule has 0 radical (unpaired) electrons. The second kappa shape index (κ2) is 20.6. The number of halogens is 1. The summed E-state index contributed by atoms with van der Waals surface area (Å²) in [5.74, 6) is 1.48. The highest BCUT2D eigenvalue weighted by Gasteiger charge is 2.57. The van der Waals surface area contributed by atoms with Gasteiger partial charge < -0.3 is 40.7 Å². The van der Waals surface area contributed by atoms with E-state index in [2.05, 4.69) is 58.7 Å². The Morgan fingerprint density at radius 2 is 1.80 bits per heavy atom. The van der Waals surface area contributed by atoms with E-state index in [0.29, 0.717) is 54.5 Å². The molecule has 0 aromatic heterocycles. The van der Waals surface area contributed by atoms with Crippen LogP contribution in [0.15, 0.2) is 66.7 Å². The molecule has 2 bridgehead atoms. The van der Waals surface area contributed by atoms with Crippen LogP contribution in [0.25, 0.3) is 11.1 Å². The van der Waals surface area contributed by atoms with Gasteiger partial charge in [-0.2, -0.15) is 5.06 Å². The van der Waals surface area contributed by atoms with E-state index in [9.17, 15) is 19.8 Å². The Balaban J connectivity index is 1.30. The first-order chi connectivity index (χ1) is 29.1. The molecule has 4 fully saturated rings. The van der Waals surface area contributed by atoms with Gasteiger partial charge in [-0.25, -0.2) is 0 Å². The number of hydrogen-bond acceptors (Lipinski definition) is 10. The van der Waals surface area contributed by atoms with Crippen LogP contribution in [0.2, 0.25) is 0 Å². The van der Waals surface area contributed by atoms with Crippen LogP contribution in [-0.4, -0.2) is 134 Å². The number of fused-ring (bicyclic) bond motifs is 2. The Hall–Kier alpha value is -3.75. The molecule has 2 amide bonds. The maximum atomic E-state index is 14.4. The molecule has 3 saturated carbocycles. The molecule has 12 nitrogen and oxygen atoms in total. The average molecular weight is 862 g/mol. The summed E-state index contributed by atoms with van der Waals surface area (Å²) < 4.78 is 6.16. The van der Waals surface area contributed by atoms with E-state index < -0.39 is 24.2 Å². The van der Waals surface area contributed by atoms with Crippen LogP contribution in [0.1, 0.15) is 62.0 Å². The molecule has 13 heteroatoms. The Kier molecular flexibility index (Phi) is 15.8. The zero-order valence-corrected chi connectivity index (χ0v) is 38.1. The summed E-state index contributed by atoms with van der Waals surface area (Å²) in [6.07, 6.45) is 1.11. The van der Waals surface area contributed by atoms with Gasteiger partial charge in [-0.3, -0.25) is 14.4 Å². The van der Waals surface area contributed by atoms with Gasteiger partial charge in [0.15, 0.2) is 0 Å². The zero-order chi connectivity index (χ0) is 44.0. The summed E-state index contributed by atoms with van der Waals surface area (Å²) in [5.41, 5.74) is 4.98.